The summed E-state index contributed by atoms with van der Waals surface area (Å²) < 4.78 is 6.44. The van der Waals surface area contributed by atoms with Crippen molar-refractivity contribution in [1.82, 2.24) is 5.32 Å². The summed E-state index contributed by atoms with van der Waals surface area (Å²) in [6.45, 7) is 1.01. The molecule has 2 aromatic rings. The second-order valence-corrected chi connectivity index (χ2v) is 6.23. The quantitative estimate of drug-likeness (QED) is 0.814. The molecule has 0 radical (unpaired) electrons. The fraction of sp³-hybridized carbons (Fsp3) is 0.333. The van der Waals surface area contributed by atoms with Gasteiger partial charge in [0.25, 0.3) is 0 Å². The van der Waals surface area contributed by atoms with Gasteiger partial charge < -0.3 is 10.1 Å². The van der Waals surface area contributed by atoms with Crippen molar-refractivity contribution in [3.8, 4) is 5.75 Å². The number of methoxy groups -OCH3 is 1. The van der Waals surface area contributed by atoms with Gasteiger partial charge in [-0.05, 0) is 67.7 Å². The number of nitrogens with one attached hydrogen (secondary N) is 1. The number of halogens is 1. The van der Waals surface area contributed by atoms with E-state index in [1.807, 2.05) is 13.1 Å². The van der Waals surface area contributed by atoms with Crippen LogP contribution in [0.2, 0.25) is 0 Å². The lowest BCUT2D eigenvalue weighted by Gasteiger charge is -2.17. The Bertz CT molecular complexity index is 553. The second kappa shape index (κ2) is 8.20. The Morgan fingerprint density at radius 1 is 1.05 bits per heavy atom. The first-order chi connectivity index (χ1) is 10.2. The maximum absolute atomic E-state index is 5.31. The van der Waals surface area contributed by atoms with Gasteiger partial charge in [0, 0.05) is 4.47 Å². The Morgan fingerprint density at radius 3 is 2.43 bits per heavy atom. The summed E-state index contributed by atoms with van der Waals surface area (Å²) in [6, 6.07) is 17.0. The van der Waals surface area contributed by atoms with Gasteiger partial charge in [-0.2, -0.15) is 0 Å². The SMILES string of the molecule is CNCC(Cc1ccc(Br)cc1)Cc1cccc(OC)c1. The van der Waals surface area contributed by atoms with E-state index in [0.717, 1.165) is 29.6 Å². The van der Waals surface area contributed by atoms with Crippen molar-refractivity contribution in [1.29, 1.82) is 0 Å². The fourth-order valence-electron chi connectivity index (χ4n) is 2.59. The van der Waals surface area contributed by atoms with Crippen LogP contribution < -0.4 is 10.1 Å². The van der Waals surface area contributed by atoms with Crippen LogP contribution in [0, 0.1) is 5.92 Å². The van der Waals surface area contributed by atoms with Crippen LogP contribution in [0.15, 0.2) is 53.0 Å². The molecule has 0 heterocycles. The molecule has 0 amide bonds. The van der Waals surface area contributed by atoms with Crippen molar-refractivity contribution >= 4 is 15.9 Å². The molecule has 3 heteroatoms. The Labute approximate surface area is 135 Å². The molecule has 0 saturated heterocycles. The van der Waals surface area contributed by atoms with Crippen molar-refractivity contribution in [2.24, 2.45) is 5.92 Å². The summed E-state index contributed by atoms with van der Waals surface area (Å²) in [6.07, 6.45) is 2.12. The van der Waals surface area contributed by atoms with Crippen LogP contribution in [0.4, 0.5) is 0 Å². The Balaban J connectivity index is 2.05. The van der Waals surface area contributed by atoms with Crippen molar-refractivity contribution < 1.29 is 4.74 Å². The zero-order valence-electron chi connectivity index (χ0n) is 12.6. The standard InChI is InChI=1S/C18H22BrNO/c1-20-13-16(10-14-6-8-17(19)9-7-14)11-15-4-3-5-18(12-15)21-2/h3-9,12,16,20H,10-11,13H2,1-2H3. The van der Waals surface area contributed by atoms with E-state index in [2.05, 4.69) is 63.7 Å². The molecule has 1 N–H and O–H groups in total. The second-order valence-electron chi connectivity index (χ2n) is 5.31. The molecule has 2 aromatic carbocycles. The molecule has 0 spiro atoms. The van der Waals surface area contributed by atoms with Gasteiger partial charge in [-0.25, -0.2) is 0 Å². The minimum Gasteiger partial charge on any atom is -0.497 e. The van der Waals surface area contributed by atoms with Crippen LogP contribution in [0.5, 0.6) is 5.75 Å². The lowest BCUT2D eigenvalue weighted by Crippen LogP contribution is -2.22. The first kappa shape index (κ1) is 16.1. The van der Waals surface area contributed by atoms with Crippen LogP contribution >= 0.6 is 15.9 Å². The largest absolute Gasteiger partial charge is 0.497 e. The van der Waals surface area contributed by atoms with E-state index in [1.54, 1.807) is 7.11 Å². The van der Waals surface area contributed by atoms with Gasteiger partial charge >= 0.3 is 0 Å². The summed E-state index contributed by atoms with van der Waals surface area (Å²) >= 11 is 3.49. The van der Waals surface area contributed by atoms with Gasteiger partial charge in [-0.1, -0.05) is 40.2 Å². The van der Waals surface area contributed by atoms with E-state index in [4.69, 9.17) is 4.74 Å². The first-order valence-corrected chi connectivity index (χ1v) is 8.02. The third kappa shape index (κ3) is 5.18. The van der Waals surface area contributed by atoms with Crippen LogP contribution in [-0.2, 0) is 12.8 Å². The highest BCUT2D eigenvalue weighted by molar-refractivity contribution is 9.10. The van der Waals surface area contributed by atoms with Gasteiger partial charge in [0.1, 0.15) is 5.75 Å². The maximum Gasteiger partial charge on any atom is 0.119 e. The van der Waals surface area contributed by atoms with Gasteiger partial charge in [0.05, 0.1) is 7.11 Å². The van der Waals surface area contributed by atoms with Crippen LogP contribution in [0.25, 0.3) is 0 Å². The molecule has 2 rings (SSSR count). The molecular weight excluding hydrogens is 326 g/mol. The average molecular weight is 348 g/mol. The highest BCUT2D eigenvalue weighted by Gasteiger charge is 2.11. The van der Waals surface area contributed by atoms with Crippen LogP contribution in [0.1, 0.15) is 11.1 Å². The smallest absolute Gasteiger partial charge is 0.119 e. The molecule has 2 nitrogen and oxygen atoms in total. The highest BCUT2D eigenvalue weighted by Crippen LogP contribution is 2.19. The highest BCUT2D eigenvalue weighted by atomic mass is 79.9. The molecule has 21 heavy (non-hydrogen) atoms. The zero-order valence-corrected chi connectivity index (χ0v) is 14.2. The van der Waals surface area contributed by atoms with Gasteiger partial charge in [0.15, 0.2) is 0 Å². The number of hydrogen-bond donors (Lipinski definition) is 1. The molecule has 0 aliphatic heterocycles. The third-order valence-electron chi connectivity index (χ3n) is 3.59. The summed E-state index contributed by atoms with van der Waals surface area (Å²) in [5, 5.41) is 3.31. The Hall–Kier alpha value is -1.32. The molecule has 0 bridgehead atoms. The third-order valence-corrected chi connectivity index (χ3v) is 4.12. The van der Waals surface area contributed by atoms with Crippen molar-refractivity contribution in [2.75, 3.05) is 20.7 Å². The molecule has 0 fully saturated rings. The minimum atomic E-state index is 0.572. The molecule has 0 aliphatic carbocycles. The number of hydrogen-bond acceptors (Lipinski definition) is 2. The molecule has 0 saturated carbocycles. The van der Waals surface area contributed by atoms with Crippen molar-refractivity contribution in [2.45, 2.75) is 12.8 Å². The lowest BCUT2D eigenvalue weighted by atomic mass is 9.92. The molecule has 1 unspecified atom stereocenters. The Morgan fingerprint density at radius 2 is 1.76 bits per heavy atom. The van der Waals surface area contributed by atoms with E-state index < -0.39 is 0 Å². The maximum atomic E-state index is 5.31. The van der Waals surface area contributed by atoms with Crippen LogP contribution in [0.3, 0.4) is 0 Å². The van der Waals surface area contributed by atoms with Gasteiger partial charge in [0.2, 0.25) is 0 Å². The number of rotatable bonds is 7. The Kier molecular flexibility index (Phi) is 6.27. The van der Waals surface area contributed by atoms with Gasteiger partial charge in [-0.3, -0.25) is 0 Å². The van der Waals surface area contributed by atoms with E-state index in [1.165, 1.54) is 11.1 Å². The lowest BCUT2D eigenvalue weighted by molar-refractivity contribution is 0.413. The summed E-state index contributed by atoms with van der Waals surface area (Å²) in [4.78, 5) is 0. The van der Waals surface area contributed by atoms with Gasteiger partial charge in [-0.15, -0.1) is 0 Å². The summed E-state index contributed by atoms with van der Waals surface area (Å²) in [5.41, 5.74) is 2.70. The van der Waals surface area contributed by atoms with E-state index in [9.17, 15) is 0 Å². The van der Waals surface area contributed by atoms with Crippen molar-refractivity contribution in [3.05, 3.63) is 64.1 Å². The topological polar surface area (TPSA) is 21.3 Å². The van der Waals surface area contributed by atoms with E-state index >= 15 is 0 Å². The van der Waals surface area contributed by atoms with Crippen LogP contribution in [-0.4, -0.2) is 20.7 Å². The van der Waals surface area contributed by atoms with Crippen molar-refractivity contribution in [3.63, 3.8) is 0 Å². The predicted octanol–water partition coefficient (Wildman–Crippen LogP) is 4.08. The molecular formula is C18H22BrNO. The summed E-state index contributed by atoms with van der Waals surface area (Å²) in [5.74, 6) is 1.50. The first-order valence-electron chi connectivity index (χ1n) is 7.23. The molecule has 0 aliphatic rings. The molecule has 0 aromatic heterocycles. The fourth-order valence-corrected chi connectivity index (χ4v) is 2.86. The molecule has 112 valence electrons. The molecule has 1 atom stereocenters. The average Bonchev–Trinajstić information content (AvgIpc) is 2.50. The summed E-state index contributed by atoms with van der Waals surface area (Å²) in [7, 11) is 3.73. The normalized spacial score (nSPS) is 12.1. The zero-order chi connectivity index (χ0) is 15.1. The number of ether oxygens (including phenoxy) is 1. The number of benzene rings is 2. The van der Waals surface area contributed by atoms with E-state index in [-0.39, 0.29) is 0 Å². The van der Waals surface area contributed by atoms with E-state index in [0.29, 0.717) is 5.92 Å². The predicted molar refractivity (Wildman–Crippen MR) is 92.0 cm³/mol. The minimum absolute atomic E-state index is 0.572. The monoisotopic (exact) mass is 347 g/mol.